The van der Waals surface area contributed by atoms with E-state index in [1.54, 1.807) is 6.07 Å². The molecule has 112 valence electrons. The van der Waals surface area contributed by atoms with E-state index in [9.17, 15) is 22.4 Å². The molecule has 21 heavy (non-hydrogen) atoms. The molecule has 0 aliphatic heterocycles. The summed E-state index contributed by atoms with van der Waals surface area (Å²) in [4.78, 5) is 11.1. The van der Waals surface area contributed by atoms with E-state index in [1.807, 2.05) is 0 Å². The number of hydrogen-bond donors (Lipinski definition) is 0. The van der Waals surface area contributed by atoms with Crippen LogP contribution < -0.4 is 4.74 Å². The highest BCUT2D eigenvalue weighted by Gasteiger charge is 2.39. The summed E-state index contributed by atoms with van der Waals surface area (Å²) < 4.78 is 56.5. The molecular weight excluding hydrogens is 290 g/mol. The van der Waals surface area contributed by atoms with Gasteiger partial charge in [-0.05, 0) is 23.8 Å². The van der Waals surface area contributed by atoms with E-state index in [-0.39, 0.29) is 12.3 Å². The first-order valence-corrected chi connectivity index (χ1v) is 5.91. The number of carbonyl (C=O) groups excluding carboxylic acids is 1. The molecule has 0 N–H and O–H groups in total. The van der Waals surface area contributed by atoms with E-state index in [0.29, 0.717) is 5.56 Å². The third-order valence-corrected chi connectivity index (χ3v) is 2.85. The van der Waals surface area contributed by atoms with Crippen molar-refractivity contribution >= 4 is 5.78 Å². The number of Topliss-reactive ketones (excluding diaryl/α,β-unsaturated/α-hetero) is 1. The van der Waals surface area contributed by atoms with Gasteiger partial charge in [-0.25, -0.2) is 4.39 Å². The Labute approximate surface area is 117 Å². The van der Waals surface area contributed by atoms with Crippen LogP contribution in [0.3, 0.4) is 0 Å². The van der Waals surface area contributed by atoms with E-state index in [2.05, 4.69) is 0 Å². The topological polar surface area (TPSA) is 31.2 Å². The number of benzene rings is 1. The molecule has 1 heterocycles. The molecule has 0 saturated heterocycles. The fourth-order valence-corrected chi connectivity index (χ4v) is 1.86. The smallest absolute Gasteiger partial charge is 0.454 e. The van der Waals surface area contributed by atoms with Crippen LogP contribution in [0, 0.1) is 5.82 Å². The Morgan fingerprint density at radius 2 is 2.00 bits per heavy atom. The van der Waals surface area contributed by atoms with Crippen LogP contribution in [0.4, 0.5) is 17.6 Å². The normalized spacial score (nSPS) is 11.5. The van der Waals surface area contributed by atoms with Gasteiger partial charge in [0.05, 0.1) is 7.11 Å². The predicted octanol–water partition coefficient (Wildman–Crippen LogP) is 3.43. The Hall–Kier alpha value is -2.31. The Morgan fingerprint density at radius 3 is 2.57 bits per heavy atom. The number of ketones is 1. The van der Waals surface area contributed by atoms with Crippen molar-refractivity contribution in [3.63, 3.8) is 0 Å². The summed E-state index contributed by atoms with van der Waals surface area (Å²) in [6, 6.07) is 5.32. The van der Waals surface area contributed by atoms with Gasteiger partial charge in [-0.2, -0.15) is 13.2 Å². The summed E-state index contributed by atoms with van der Waals surface area (Å²) in [5.74, 6) is -2.38. The first-order valence-electron chi connectivity index (χ1n) is 5.91. The average molecular weight is 301 g/mol. The van der Waals surface area contributed by atoms with Crippen LogP contribution in [0.5, 0.6) is 5.75 Å². The Balaban J connectivity index is 2.16. The van der Waals surface area contributed by atoms with Crippen LogP contribution in [0.15, 0.2) is 36.7 Å². The standard InChI is InChI=1S/C14H11F4NO2/c1-21-12-3-2-9(6-11(12)15)7-19-5-4-10(8-19)13(20)14(16,17)18/h2-6,8H,7H2,1H3. The first kappa shape index (κ1) is 15.1. The molecule has 0 amide bonds. The highest BCUT2D eigenvalue weighted by atomic mass is 19.4. The van der Waals surface area contributed by atoms with E-state index < -0.39 is 23.3 Å². The number of halogens is 4. The summed E-state index contributed by atoms with van der Waals surface area (Å²) in [6.07, 6.45) is -2.49. The number of ether oxygens (including phenoxy) is 1. The molecule has 0 aliphatic rings. The zero-order chi connectivity index (χ0) is 15.6. The minimum Gasteiger partial charge on any atom is -0.494 e. The van der Waals surface area contributed by atoms with Crippen LogP contribution in [-0.4, -0.2) is 23.6 Å². The SMILES string of the molecule is COc1ccc(Cn2ccc(C(=O)C(F)(F)F)c2)cc1F. The van der Waals surface area contributed by atoms with Crippen LogP contribution in [0.25, 0.3) is 0 Å². The van der Waals surface area contributed by atoms with Crippen LogP contribution in [-0.2, 0) is 6.54 Å². The maximum atomic E-state index is 13.5. The number of alkyl halides is 3. The highest BCUT2D eigenvalue weighted by molar-refractivity contribution is 6.00. The lowest BCUT2D eigenvalue weighted by molar-refractivity contribution is -0.0885. The number of nitrogens with zero attached hydrogens (tertiary/aromatic N) is 1. The van der Waals surface area contributed by atoms with Crippen molar-refractivity contribution in [1.29, 1.82) is 0 Å². The van der Waals surface area contributed by atoms with E-state index in [4.69, 9.17) is 4.74 Å². The van der Waals surface area contributed by atoms with Gasteiger partial charge in [0, 0.05) is 24.5 Å². The minimum absolute atomic E-state index is 0.0826. The number of aromatic nitrogens is 1. The maximum absolute atomic E-state index is 13.5. The third kappa shape index (κ3) is 3.42. The summed E-state index contributed by atoms with van der Waals surface area (Å²) in [5, 5.41) is 0. The van der Waals surface area contributed by atoms with E-state index >= 15 is 0 Å². The van der Waals surface area contributed by atoms with Gasteiger partial charge < -0.3 is 9.30 Å². The van der Waals surface area contributed by atoms with Crippen LogP contribution >= 0.6 is 0 Å². The molecule has 0 radical (unpaired) electrons. The first-order chi connectivity index (χ1) is 9.81. The predicted molar refractivity (Wildman–Crippen MR) is 66.9 cm³/mol. The van der Waals surface area contributed by atoms with E-state index in [0.717, 1.165) is 12.3 Å². The van der Waals surface area contributed by atoms with Gasteiger partial charge in [0.2, 0.25) is 0 Å². The van der Waals surface area contributed by atoms with Gasteiger partial charge in [-0.15, -0.1) is 0 Å². The van der Waals surface area contributed by atoms with Crippen molar-refractivity contribution in [3.8, 4) is 5.75 Å². The molecule has 0 bridgehead atoms. The fraction of sp³-hybridized carbons (Fsp3) is 0.214. The van der Waals surface area contributed by atoms with Gasteiger partial charge >= 0.3 is 6.18 Å². The Bertz CT molecular complexity index is 661. The van der Waals surface area contributed by atoms with Gasteiger partial charge in [0.15, 0.2) is 11.6 Å². The molecule has 0 fully saturated rings. The van der Waals surface area contributed by atoms with Gasteiger partial charge in [-0.3, -0.25) is 4.79 Å². The molecule has 0 atom stereocenters. The zero-order valence-corrected chi connectivity index (χ0v) is 10.9. The van der Waals surface area contributed by atoms with Crippen molar-refractivity contribution in [2.75, 3.05) is 7.11 Å². The molecule has 7 heteroatoms. The fourth-order valence-electron chi connectivity index (χ4n) is 1.86. The summed E-state index contributed by atoms with van der Waals surface area (Å²) in [5.41, 5.74) is 0.0893. The van der Waals surface area contributed by atoms with E-state index in [1.165, 1.54) is 30.0 Å². The highest BCUT2D eigenvalue weighted by Crippen LogP contribution is 2.22. The molecule has 3 nitrogen and oxygen atoms in total. The molecule has 0 aliphatic carbocycles. The Morgan fingerprint density at radius 1 is 1.29 bits per heavy atom. The second kappa shape index (κ2) is 5.59. The van der Waals surface area contributed by atoms with Crippen molar-refractivity contribution in [1.82, 2.24) is 4.57 Å². The lowest BCUT2D eigenvalue weighted by atomic mass is 10.2. The summed E-state index contributed by atoms with van der Waals surface area (Å²) in [6.45, 7) is 0.145. The van der Waals surface area contributed by atoms with Crippen molar-refractivity contribution in [2.45, 2.75) is 12.7 Å². The quantitative estimate of drug-likeness (QED) is 0.640. The maximum Gasteiger partial charge on any atom is 0.454 e. The second-order valence-electron chi connectivity index (χ2n) is 4.37. The Kier molecular flexibility index (Phi) is 4.02. The minimum atomic E-state index is -4.90. The second-order valence-corrected chi connectivity index (χ2v) is 4.37. The van der Waals surface area contributed by atoms with Crippen molar-refractivity contribution in [2.24, 2.45) is 0 Å². The molecule has 2 rings (SSSR count). The zero-order valence-electron chi connectivity index (χ0n) is 10.9. The number of carbonyl (C=O) groups is 1. The number of methoxy groups -OCH3 is 1. The van der Waals surface area contributed by atoms with Crippen LogP contribution in [0.1, 0.15) is 15.9 Å². The van der Waals surface area contributed by atoms with Gasteiger partial charge in [-0.1, -0.05) is 6.07 Å². The monoisotopic (exact) mass is 301 g/mol. The third-order valence-electron chi connectivity index (χ3n) is 2.85. The number of rotatable bonds is 4. The van der Waals surface area contributed by atoms with Crippen LogP contribution in [0.2, 0.25) is 0 Å². The van der Waals surface area contributed by atoms with Crippen molar-refractivity contribution < 1.29 is 27.1 Å². The lowest BCUT2D eigenvalue weighted by Crippen LogP contribution is -2.22. The molecule has 2 aromatic rings. The van der Waals surface area contributed by atoms with Gasteiger partial charge in [0.1, 0.15) is 0 Å². The summed E-state index contributed by atoms with van der Waals surface area (Å²) >= 11 is 0. The largest absolute Gasteiger partial charge is 0.494 e. The average Bonchev–Trinajstić information content (AvgIpc) is 2.85. The molecule has 1 aromatic carbocycles. The molecule has 1 aromatic heterocycles. The number of hydrogen-bond acceptors (Lipinski definition) is 2. The molecule has 0 unspecified atom stereocenters. The lowest BCUT2D eigenvalue weighted by Gasteiger charge is -2.06. The molecule has 0 spiro atoms. The molecule has 0 saturated carbocycles. The molecular formula is C14H11F4NO2. The van der Waals surface area contributed by atoms with Crippen molar-refractivity contribution in [3.05, 3.63) is 53.6 Å². The van der Waals surface area contributed by atoms with Gasteiger partial charge in [0.25, 0.3) is 5.78 Å². The summed E-state index contributed by atoms with van der Waals surface area (Å²) in [7, 11) is 1.33.